The predicted molar refractivity (Wildman–Crippen MR) is 84.9 cm³/mol. The zero-order chi connectivity index (χ0) is 15.1. The quantitative estimate of drug-likeness (QED) is 0.502. The van der Waals surface area contributed by atoms with E-state index in [0.717, 1.165) is 31.6 Å². The van der Waals surface area contributed by atoms with Gasteiger partial charge in [0.05, 0.1) is 12.0 Å². The maximum atomic E-state index is 12.8. The minimum absolute atomic E-state index is 0.131. The second kappa shape index (κ2) is 5.28. The van der Waals surface area contributed by atoms with E-state index in [1.165, 1.54) is 38.5 Å². The van der Waals surface area contributed by atoms with Gasteiger partial charge in [0.25, 0.3) is 0 Å². The molecule has 21 heavy (non-hydrogen) atoms. The average molecular weight is 292 g/mol. The van der Waals surface area contributed by atoms with Crippen LogP contribution < -0.4 is 0 Å². The first-order valence-corrected chi connectivity index (χ1v) is 9.06. The molecule has 2 atom stereocenters. The normalized spacial score (nSPS) is 44.0. The molecule has 4 saturated carbocycles. The minimum atomic E-state index is -0.131. The van der Waals surface area contributed by atoms with E-state index >= 15 is 0 Å². The molecule has 0 amide bonds. The van der Waals surface area contributed by atoms with Crippen LogP contribution in [-0.2, 0) is 9.53 Å². The number of unbranched alkanes of at least 4 members (excludes halogenated alkanes) is 3. The molecule has 4 rings (SSSR count). The molecule has 2 unspecified atom stereocenters. The van der Waals surface area contributed by atoms with Crippen LogP contribution in [0, 0.1) is 22.2 Å². The lowest BCUT2D eigenvalue weighted by atomic mass is 9.40. The topological polar surface area (TPSA) is 26.3 Å². The Bertz CT molecular complexity index is 396. The van der Waals surface area contributed by atoms with Gasteiger partial charge in [-0.15, -0.1) is 0 Å². The van der Waals surface area contributed by atoms with Crippen LogP contribution in [0.4, 0.5) is 0 Å². The summed E-state index contributed by atoms with van der Waals surface area (Å²) in [7, 11) is 0. The van der Waals surface area contributed by atoms with Crippen molar-refractivity contribution in [3.8, 4) is 0 Å². The smallest absolute Gasteiger partial charge is 0.312 e. The van der Waals surface area contributed by atoms with E-state index < -0.39 is 0 Å². The van der Waals surface area contributed by atoms with Crippen molar-refractivity contribution in [3.63, 3.8) is 0 Å². The zero-order valence-electron chi connectivity index (χ0n) is 14.2. The van der Waals surface area contributed by atoms with Gasteiger partial charge in [-0.1, -0.05) is 40.0 Å². The first kappa shape index (κ1) is 15.4. The fraction of sp³-hybridized carbons (Fsp3) is 0.947. The molecule has 0 heterocycles. The molecule has 4 bridgehead atoms. The highest BCUT2D eigenvalue weighted by molar-refractivity contribution is 5.77. The van der Waals surface area contributed by atoms with Gasteiger partial charge >= 0.3 is 5.97 Å². The Hall–Kier alpha value is -0.530. The third-order valence-corrected chi connectivity index (χ3v) is 6.29. The van der Waals surface area contributed by atoms with E-state index in [0.29, 0.717) is 17.4 Å². The lowest BCUT2D eigenvalue weighted by Gasteiger charge is -2.64. The molecule has 2 nitrogen and oxygen atoms in total. The van der Waals surface area contributed by atoms with Gasteiger partial charge < -0.3 is 4.74 Å². The number of hydrogen-bond acceptors (Lipinski definition) is 2. The van der Waals surface area contributed by atoms with Gasteiger partial charge in [-0.2, -0.15) is 0 Å². The van der Waals surface area contributed by atoms with E-state index in [2.05, 4.69) is 20.8 Å². The summed E-state index contributed by atoms with van der Waals surface area (Å²) in [5, 5.41) is 0. The van der Waals surface area contributed by atoms with E-state index in [4.69, 9.17) is 4.74 Å². The Morgan fingerprint density at radius 1 is 1.00 bits per heavy atom. The highest BCUT2D eigenvalue weighted by Crippen LogP contribution is 2.69. The molecule has 4 aliphatic carbocycles. The van der Waals surface area contributed by atoms with Crippen LogP contribution in [0.25, 0.3) is 0 Å². The van der Waals surface area contributed by atoms with Gasteiger partial charge in [0.15, 0.2) is 0 Å². The van der Waals surface area contributed by atoms with Crippen LogP contribution in [0.15, 0.2) is 0 Å². The van der Waals surface area contributed by atoms with Crippen LogP contribution in [0.3, 0.4) is 0 Å². The third-order valence-electron chi connectivity index (χ3n) is 6.29. The van der Waals surface area contributed by atoms with Crippen molar-refractivity contribution in [2.75, 3.05) is 6.61 Å². The van der Waals surface area contributed by atoms with Crippen molar-refractivity contribution in [1.29, 1.82) is 0 Å². The van der Waals surface area contributed by atoms with Crippen LogP contribution in [-0.4, -0.2) is 12.6 Å². The molecule has 4 aliphatic rings. The third kappa shape index (κ3) is 2.87. The summed E-state index contributed by atoms with van der Waals surface area (Å²) >= 11 is 0. The Morgan fingerprint density at radius 2 is 1.67 bits per heavy atom. The molecule has 4 fully saturated rings. The first-order chi connectivity index (χ1) is 9.89. The Morgan fingerprint density at radius 3 is 2.24 bits per heavy atom. The second-order valence-corrected chi connectivity index (χ2v) is 9.11. The zero-order valence-corrected chi connectivity index (χ0v) is 14.2. The number of esters is 1. The number of rotatable bonds is 6. The standard InChI is InChI=1S/C19H32O2/c1-4-5-6-7-8-21-16(20)19-11-15-9-17(2,13-19)12-18(3,10-15)14-19/h15H,4-14H2,1-3H3. The Kier molecular flexibility index (Phi) is 3.86. The molecule has 0 spiro atoms. The molecule has 0 N–H and O–H groups in total. The summed E-state index contributed by atoms with van der Waals surface area (Å²) in [5.41, 5.74) is 0.665. The van der Waals surface area contributed by atoms with Crippen LogP contribution in [0.1, 0.15) is 85.0 Å². The molecule has 120 valence electrons. The van der Waals surface area contributed by atoms with E-state index in [1.54, 1.807) is 0 Å². The first-order valence-electron chi connectivity index (χ1n) is 9.06. The van der Waals surface area contributed by atoms with Gasteiger partial charge in [-0.05, 0) is 61.7 Å². The van der Waals surface area contributed by atoms with Crippen molar-refractivity contribution < 1.29 is 9.53 Å². The molecular formula is C19H32O2. The number of carbonyl (C=O) groups is 1. The van der Waals surface area contributed by atoms with Crippen LogP contribution in [0.5, 0.6) is 0 Å². The van der Waals surface area contributed by atoms with Crippen molar-refractivity contribution in [2.24, 2.45) is 22.2 Å². The lowest BCUT2D eigenvalue weighted by Crippen LogP contribution is -2.58. The summed E-state index contributed by atoms with van der Waals surface area (Å²) in [4.78, 5) is 12.8. The Balaban J connectivity index is 1.63. The summed E-state index contributed by atoms with van der Waals surface area (Å²) in [6.07, 6.45) is 12.0. The van der Waals surface area contributed by atoms with Gasteiger partial charge in [0.1, 0.15) is 0 Å². The van der Waals surface area contributed by atoms with E-state index in [9.17, 15) is 4.79 Å². The summed E-state index contributed by atoms with van der Waals surface area (Å²) in [6, 6.07) is 0. The highest BCUT2D eigenvalue weighted by atomic mass is 16.5. The predicted octanol–water partition coefficient (Wildman–Crippen LogP) is 5.11. The Labute approximate surface area is 130 Å². The van der Waals surface area contributed by atoms with Gasteiger partial charge in [0.2, 0.25) is 0 Å². The van der Waals surface area contributed by atoms with Gasteiger partial charge in [-0.3, -0.25) is 4.79 Å². The molecule has 0 aromatic carbocycles. The van der Waals surface area contributed by atoms with Crippen molar-refractivity contribution in [2.45, 2.75) is 85.0 Å². The summed E-state index contributed by atoms with van der Waals surface area (Å²) < 4.78 is 5.72. The van der Waals surface area contributed by atoms with Crippen LogP contribution in [0.2, 0.25) is 0 Å². The fourth-order valence-electron chi connectivity index (χ4n) is 6.52. The van der Waals surface area contributed by atoms with Crippen molar-refractivity contribution in [3.05, 3.63) is 0 Å². The molecular weight excluding hydrogens is 260 g/mol. The van der Waals surface area contributed by atoms with Gasteiger partial charge in [0, 0.05) is 0 Å². The molecule has 0 aromatic rings. The molecule has 0 radical (unpaired) electrons. The number of carbonyl (C=O) groups excluding carboxylic acids is 1. The van der Waals surface area contributed by atoms with Gasteiger partial charge in [-0.25, -0.2) is 0 Å². The largest absolute Gasteiger partial charge is 0.465 e. The number of hydrogen-bond donors (Lipinski definition) is 0. The second-order valence-electron chi connectivity index (χ2n) is 9.11. The molecule has 2 heteroatoms. The molecule has 0 aliphatic heterocycles. The fourth-order valence-corrected chi connectivity index (χ4v) is 6.52. The average Bonchev–Trinajstić information content (AvgIpc) is 2.33. The monoisotopic (exact) mass is 292 g/mol. The number of ether oxygens (including phenoxy) is 1. The minimum Gasteiger partial charge on any atom is -0.465 e. The van der Waals surface area contributed by atoms with Crippen molar-refractivity contribution >= 4 is 5.97 Å². The van der Waals surface area contributed by atoms with Crippen LogP contribution >= 0.6 is 0 Å². The summed E-state index contributed by atoms with van der Waals surface area (Å²) in [6.45, 7) is 7.68. The van der Waals surface area contributed by atoms with Crippen molar-refractivity contribution in [1.82, 2.24) is 0 Å². The molecule has 0 aromatic heterocycles. The SMILES string of the molecule is CCCCCCOC(=O)C12CC3CC(C)(CC(C)(C3)C1)C2. The van der Waals surface area contributed by atoms with E-state index in [-0.39, 0.29) is 11.4 Å². The lowest BCUT2D eigenvalue weighted by molar-refractivity contribution is -0.191. The molecule has 0 saturated heterocycles. The van der Waals surface area contributed by atoms with E-state index in [1.807, 2.05) is 0 Å². The summed E-state index contributed by atoms with van der Waals surface area (Å²) in [5.74, 6) is 0.907. The maximum absolute atomic E-state index is 12.8. The maximum Gasteiger partial charge on any atom is 0.312 e. The highest BCUT2D eigenvalue weighted by Gasteiger charge is 2.63.